The predicted octanol–water partition coefficient (Wildman–Crippen LogP) is 2.16. The van der Waals surface area contributed by atoms with Gasteiger partial charge in [-0.2, -0.15) is 0 Å². The van der Waals surface area contributed by atoms with Gasteiger partial charge >= 0.3 is 0 Å². The Hall–Kier alpha value is -1.91. The third kappa shape index (κ3) is 2.72. The number of methoxy groups -OCH3 is 1. The van der Waals surface area contributed by atoms with Gasteiger partial charge in [-0.1, -0.05) is 19.1 Å². The zero-order chi connectivity index (χ0) is 15.6. The van der Waals surface area contributed by atoms with Crippen molar-refractivity contribution in [3.05, 3.63) is 29.7 Å². The predicted molar refractivity (Wildman–Crippen MR) is 83.7 cm³/mol. The molecule has 1 aliphatic carbocycles. The van der Waals surface area contributed by atoms with E-state index >= 15 is 0 Å². The first kappa shape index (κ1) is 15.0. The van der Waals surface area contributed by atoms with Gasteiger partial charge in [0.15, 0.2) is 0 Å². The summed E-state index contributed by atoms with van der Waals surface area (Å²) in [6.45, 7) is 3.54. The molecule has 1 aromatic heterocycles. The molecule has 0 aromatic carbocycles. The van der Waals surface area contributed by atoms with Crippen LogP contribution in [-0.4, -0.2) is 41.0 Å². The maximum atomic E-state index is 13.0. The third-order valence-corrected chi connectivity index (χ3v) is 4.84. The molecule has 1 aromatic rings. The fourth-order valence-corrected chi connectivity index (χ4v) is 3.42. The number of ether oxygens (including phenoxy) is 1. The summed E-state index contributed by atoms with van der Waals surface area (Å²) < 4.78 is 5.34. The minimum Gasteiger partial charge on any atom is -0.481 e. The Balaban J connectivity index is 1.77. The molecule has 0 fully saturated rings. The topological polar surface area (TPSA) is 55.3 Å². The molecule has 3 rings (SSSR count). The summed E-state index contributed by atoms with van der Waals surface area (Å²) in [4.78, 5) is 23.5. The number of allylic oxidation sites excluding steroid dienone is 2. The van der Waals surface area contributed by atoms with Crippen molar-refractivity contribution < 1.29 is 9.53 Å². The molecule has 22 heavy (non-hydrogen) atoms. The summed E-state index contributed by atoms with van der Waals surface area (Å²) >= 11 is 0. The molecule has 0 spiro atoms. The lowest BCUT2D eigenvalue weighted by atomic mass is 9.77. The summed E-state index contributed by atoms with van der Waals surface area (Å²) in [7, 11) is 1.63. The Bertz CT molecular complexity index is 600. The van der Waals surface area contributed by atoms with Crippen LogP contribution in [0.4, 0.5) is 0 Å². The summed E-state index contributed by atoms with van der Waals surface area (Å²) in [6, 6.07) is 0. The van der Waals surface area contributed by atoms with Crippen LogP contribution in [-0.2, 0) is 17.6 Å². The van der Waals surface area contributed by atoms with Crippen molar-refractivity contribution in [1.29, 1.82) is 0 Å². The molecule has 0 bridgehead atoms. The van der Waals surface area contributed by atoms with Crippen molar-refractivity contribution in [2.75, 3.05) is 20.2 Å². The monoisotopic (exact) mass is 301 g/mol. The molecule has 118 valence electrons. The zero-order valence-electron chi connectivity index (χ0n) is 13.3. The van der Waals surface area contributed by atoms with Crippen LogP contribution >= 0.6 is 0 Å². The van der Waals surface area contributed by atoms with Crippen LogP contribution in [0.2, 0.25) is 0 Å². The van der Waals surface area contributed by atoms with E-state index < -0.39 is 0 Å². The van der Waals surface area contributed by atoms with Gasteiger partial charge in [-0.15, -0.1) is 0 Å². The molecule has 0 radical (unpaired) electrons. The van der Waals surface area contributed by atoms with Crippen LogP contribution in [0.3, 0.4) is 0 Å². The summed E-state index contributed by atoms with van der Waals surface area (Å²) in [5.41, 5.74) is 1.81. The Morgan fingerprint density at radius 1 is 1.27 bits per heavy atom. The van der Waals surface area contributed by atoms with E-state index in [-0.39, 0.29) is 11.3 Å². The van der Waals surface area contributed by atoms with Gasteiger partial charge < -0.3 is 9.64 Å². The second kappa shape index (κ2) is 6.07. The van der Waals surface area contributed by atoms with Crippen LogP contribution in [0.1, 0.15) is 37.4 Å². The molecular weight excluding hydrogens is 278 g/mol. The molecule has 2 aliphatic rings. The van der Waals surface area contributed by atoms with Gasteiger partial charge in [-0.25, -0.2) is 9.97 Å². The van der Waals surface area contributed by atoms with Crippen LogP contribution in [0, 0.1) is 5.41 Å². The molecule has 1 aliphatic heterocycles. The smallest absolute Gasteiger partial charge is 0.228 e. The van der Waals surface area contributed by atoms with Crippen molar-refractivity contribution in [1.82, 2.24) is 14.9 Å². The van der Waals surface area contributed by atoms with E-state index in [0.29, 0.717) is 5.88 Å². The van der Waals surface area contributed by atoms with Crippen molar-refractivity contribution in [2.24, 2.45) is 5.41 Å². The highest BCUT2D eigenvalue weighted by atomic mass is 16.5. The van der Waals surface area contributed by atoms with Gasteiger partial charge in [0, 0.05) is 25.1 Å². The highest BCUT2D eigenvalue weighted by Crippen LogP contribution is 2.35. The van der Waals surface area contributed by atoms with Gasteiger partial charge in [-0.05, 0) is 25.7 Å². The number of amides is 1. The van der Waals surface area contributed by atoms with E-state index in [9.17, 15) is 4.79 Å². The zero-order valence-corrected chi connectivity index (χ0v) is 13.3. The molecule has 2 heterocycles. The Morgan fingerprint density at radius 3 is 2.82 bits per heavy atom. The fourth-order valence-electron chi connectivity index (χ4n) is 3.42. The second-order valence-electron chi connectivity index (χ2n) is 6.38. The molecule has 1 amide bonds. The summed E-state index contributed by atoms with van der Waals surface area (Å²) in [5, 5.41) is 0. The average molecular weight is 301 g/mol. The highest BCUT2D eigenvalue weighted by Gasteiger charge is 2.37. The SMILES string of the molecule is COc1ncnc2c1CCN(C(=O)[C@@]1(C)CC=CCC1)CC2. The number of fused-ring (bicyclic) bond motifs is 1. The number of hydrogen-bond acceptors (Lipinski definition) is 4. The number of aromatic nitrogens is 2. The molecule has 5 heteroatoms. The van der Waals surface area contributed by atoms with Gasteiger partial charge in [-0.3, -0.25) is 4.79 Å². The number of hydrogen-bond donors (Lipinski definition) is 0. The first-order chi connectivity index (χ1) is 10.6. The van der Waals surface area contributed by atoms with Crippen molar-refractivity contribution in [3.8, 4) is 5.88 Å². The molecular formula is C17H23N3O2. The first-order valence-electron chi connectivity index (χ1n) is 7.95. The van der Waals surface area contributed by atoms with E-state index in [4.69, 9.17) is 4.74 Å². The highest BCUT2D eigenvalue weighted by molar-refractivity contribution is 5.83. The number of carbonyl (C=O) groups excluding carboxylic acids is 1. The van der Waals surface area contributed by atoms with Crippen LogP contribution in [0.15, 0.2) is 18.5 Å². The number of rotatable bonds is 2. The van der Waals surface area contributed by atoms with Gasteiger partial charge in [0.25, 0.3) is 0 Å². The first-order valence-corrected chi connectivity index (χ1v) is 7.95. The lowest BCUT2D eigenvalue weighted by Gasteiger charge is -2.35. The minimum atomic E-state index is -0.249. The van der Waals surface area contributed by atoms with Gasteiger partial charge in [0.2, 0.25) is 11.8 Å². The molecule has 5 nitrogen and oxygen atoms in total. The Kier molecular flexibility index (Phi) is 4.14. The molecule has 0 saturated heterocycles. The summed E-state index contributed by atoms with van der Waals surface area (Å²) in [5.74, 6) is 0.919. The maximum absolute atomic E-state index is 13.0. The molecule has 1 atom stereocenters. The van der Waals surface area contributed by atoms with E-state index in [1.165, 1.54) is 0 Å². The average Bonchev–Trinajstić information content (AvgIpc) is 2.77. The van der Waals surface area contributed by atoms with E-state index in [0.717, 1.165) is 56.5 Å². The largest absolute Gasteiger partial charge is 0.481 e. The van der Waals surface area contributed by atoms with E-state index in [1.807, 2.05) is 4.90 Å². The van der Waals surface area contributed by atoms with Crippen molar-refractivity contribution in [3.63, 3.8) is 0 Å². The summed E-state index contributed by atoms with van der Waals surface area (Å²) in [6.07, 6.45) is 10.2. The molecule has 0 saturated carbocycles. The van der Waals surface area contributed by atoms with Crippen LogP contribution < -0.4 is 4.74 Å². The normalized spacial score (nSPS) is 24.5. The van der Waals surface area contributed by atoms with Crippen LogP contribution in [0.5, 0.6) is 5.88 Å². The standard InChI is InChI=1S/C17H23N3O2/c1-17(8-4-3-5-9-17)16(21)20-10-6-13-14(7-11-20)18-12-19-15(13)22-2/h3-4,12H,5-11H2,1-2H3/t17-/m0/s1. The molecule has 0 unspecified atom stereocenters. The van der Waals surface area contributed by atoms with Crippen LogP contribution in [0.25, 0.3) is 0 Å². The maximum Gasteiger partial charge on any atom is 0.228 e. The third-order valence-electron chi connectivity index (χ3n) is 4.84. The Morgan fingerprint density at radius 2 is 2.09 bits per heavy atom. The Labute approximate surface area is 131 Å². The second-order valence-corrected chi connectivity index (χ2v) is 6.38. The lowest BCUT2D eigenvalue weighted by molar-refractivity contribution is -0.141. The van der Waals surface area contributed by atoms with Crippen molar-refractivity contribution >= 4 is 5.91 Å². The lowest BCUT2D eigenvalue weighted by Crippen LogP contribution is -2.44. The number of nitrogens with zero attached hydrogens (tertiary/aromatic N) is 3. The fraction of sp³-hybridized carbons (Fsp3) is 0.588. The van der Waals surface area contributed by atoms with Gasteiger partial charge in [0.1, 0.15) is 6.33 Å². The van der Waals surface area contributed by atoms with E-state index in [1.54, 1.807) is 13.4 Å². The van der Waals surface area contributed by atoms with E-state index in [2.05, 4.69) is 29.0 Å². The van der Waals surface area contributed by atoms with Gasteiger partial charge in [0.05, 0.1) is 18.2 Å². The minimum absolute atomic E-state index is 0.249. The number of carbonyl (C=O) groups is 1. The van der Waals surface area contributed by atoms with Crippen molar-refractivity contribution in [2.45, 2.75) is 39.0 Å². The quantitative estimate of drug-likeness (QED) is 0.786. The molecule has 0 N–H and O–H groups in total.